The van der Waals surface area contributed by atoms with Crippen molar-refractivity contribution in [1.82, 2.24) is 20.1 Å². The second-order valence-electron chi connectivity index (χ2n) is 7.01. The Balaban J connectivity index is 1.30. The number of benzene rings is 1. The lowest BCUT2D eigenvalue weighted by Gasteiger charge is -2.35. The quantitative estimate of drug-likeness (QED) is 0.689. The molecular formula is C21H22FN7O. The first-order valence-electron chi connectivity index (χ1n) is 9.66. The van der Waals surface area contributed by atoms with Gasteiger partial charge in [-0.15, -0.1) is 10.2 Å². The maximum atomic E-state index is 13.7. The highest BCUT2D eigenvalue weighted by Gasteiger charge is 2.22. The van der Waals surface area contributed by atoms with Crippen molar-refractivity contribution < 1.29 is 9.18 Å². The van der Waals surface area contributed by atoms with E-state index in [0.717, 1.165) is 11.5 Å². The van der Waals surface area contributed by atoms with Crippen molar-refractivity contribution in [3.8, 4) is 0 Å². The maximum Gasteiger partial charge on any atom is 0.321 e. The third-order valence-electron chi connectivity index (χ3n) is 4.90. The molecule has 1 fully saturated rings. The van der Waals surface area contributed by atoms with E-state index in [1.807, 2.05) is 24.3 Å². The van der Waals surface area contributed by atoms with Crippen LogP contribution in [0.15, 0.2) is 54.9 Å². The number of urea groups is 1. The zero-order chi connectivity index (χ0) is 20.9. The molecule has 4 rings (SSSR count). The fourth-order valence-electron chi connectivity index (χ4n) is 3.16. The largest absolute Gasteiger partial charge is 0.352 e. The number of carbonyl (C=O) groups is 1. The lowest BCUT2D eigenvalue weighted by Crippen LogP contribution is -2.50. The topological polar surface area (TPSA) is 86.3 Å². The molecular weight excluding hydrogens is 385 g/mol. The predicted octanol–water partition coefficient (Wildman–Crippen LogP) is 3.42. The summed E-state index contributed by atoms with van der Waals surface area (Å²) >= 11 is 0. The van der Waals surface area contributed by atoms with Gasteiger partial charge in [-0.2, -0.15) is 0 Å². The molecule has 1 aliphatic heterocycles. The average molecular weight is 407 g/mol. The first-order valence-corrected chi connectivity index (χ1v) is 9.66. The third-order valence-corrected chi connectivity index (χ3v) is 4.90. The molecule has 0 unspecified atom stereocenters. The highest BCUT2D eigenvalue weighted by molar-refractivity contribution is 5.89. The van der Waals surface area contributed by atoms with Gasteiger partial charge in [0, 0.05) is 38.1 Å². The Morgan fingerprint density at radius 1 is 1.03 bits per heavy atom. The van der Waals surface area contributed by atoms with Crippen LogP contribution in [0.1, 0.15) is 5.56 Å². The Morgan fingerprint density at radius 2 is 1.87 bits per heavy atom. The molecule has 2 N–H and O–H groups in total. The van der Waals surface area contributed by atoms with Crippen LogP contribution < -0.4 is 15.5 Å². The van der Waals surface area contributed by atoms with E-state index in [1.54, 1.807) is 36.4 Å². The predicted molar refractivity (Wildman–Crippen MR) is 113 cm³/mol. The fraction of sp³-hybridized carbons (Fsp3) is 0.238. The molecule has 0 atom stereocenters. The highest BCUT2D eigenvalue weighted by Crippen LogP contribution is 2.18. The molecule has 30 heavy (non-hydrogen) atoms. The lowest BCUT2D eigenvalue weighted by atomic mass is 10.2. The van der Waals surface area contributed by atoms with Crippen LogP contribution in [0.2, 0.25) is 0 Å². The molecule has 1 aliphatic rings. The van der Waals surface area contributed by atoms with E-state index in [2.05, 4.69) is 30.7 Å². The van der Waals surface area contributed by atoms with Gasteiger partial charge in [0.25, 0.3) is 0 Å². The van der Waals surface area contributed by atoms with Crippen molar-refractivity contribution in [2.24, 2.45) is 0 Å². The lowest BCUT2D eigenvalue weighted by molar-refractivity contribution is 0.208. The molecule has 3 aromatic rings. The maximum absolute atomic E-state index is 13.7. The number of rotatable bonds is 4. The molecule has 2 aromatic heterocycles. The van der Waals surface area contributed by atoms with Gasteiger partial charge >= 0.3 is 6.03 Å². The summed E-state index contributed by atoms with van der Waals surface area (Å²) in [6, 6.07) is 11.9. The Bertz CT molecular complexity index is 1010. The van der Waals surface area contributed by atoms with Gasteiger partial charge in [-0.25, -0.2) is 9.18 Å². The van der Waals surface area contributed by atoms with Gasteiger partial charge in [0.1, 0.15) is 5.82 Å². The standard InChI is InChI=1S/C21H22FN7O/c1-15-4-5-16(13-18(15)22)25-21(30)29-11-9-28(10-12-29)20-7-6-19(26-27-20)24-17-3-2-8-23-14-17/h2-8,13-14H,9-12H2,1H3,(H,24,26)(H,25,30). The third kappa shape index (κ3) is 4.62. The van der Waals surface area contributed by atoms with Crippen LogP contribution in [0.3, 0.4) is 0 Å². The highest BCUT2D eigenvalue weighted by atomic mass is 19.1. The summed E-state index contributed by atoms with van der Waals surface area (Å²) in [7, 11) is 0. The zero-order valence-corrected chi connectivity index (χ0v) is 16.5. The van der Waals surface area contributed by atoms with Crippen molar-refractivity contribution in [2.45, 2.75) is 6.92 Å². The Morgan fingerprint density at radius 3 is 2.53 bits per heavy atom. The number of pyridine rings is 1. The first kappa shape index (κ1) is 19.6. The summed E-state index contributed by atoms with van der Waals surface area (Å²) in [6.07, 6.45) is 3.42. The van der Waals surface area contributed by atoms with Crippen LogP contribution in [0.5, 0.6) is 0 Å². The van der Waals surface area contributed by atoms with Crippen molar-refractivity contribution in [2.75, 3.05) is 41.7 Å². The van der Waals surface area contributed by atoms with Crippen LogP contribution in [0.4, 0.5) is 32.2 Å². The number of aromatic nitrogens is 3. The number of nitrogens with zero attached hydrogens (tertiary/aromatic N) is 5. The van der Waals surface area contributed by atoms with Crippen LogP contribution in [0, 0.1) is 12.7 Å². The molecule has 8 nitrogen and oxygen atoms in total. The van der Waals surface area contributed by atoms with Crippen LogP contribution in [-0.2, 0) is 0 Å². The fourth-order valence-corrected chi connectivity index (χ4v) is 3.16. The number of anilines is 4. The Labute approximate surface area is 173 Å². The van der Waals surface area contributed by atoms with Crippen LogP contribution in [0.25, 0.3) is 0 Å². The van der Waals surface area contributed by atoms with E-state index in [4.69, 9.17) is 0 Å². The molecule has 0 aliphatic carbocycles. The van der Waals surface area contributed by atoms with Gasteiger partial charge in [0.15, 0.2) is 11.6 Å². The number of aryl methyl sites for hydroxylation is 1. The molecule has 1 saturated heterocycles. The molecule has 9 heteroatoms. The number of amides is 2. The van der Waals surface area contributed by atoms with E-state index in [-0.39, 0.29) is 11.8 Å². The monoisotopic (exact) mass is 407 g/mol. The SMILES string of the molecule is Cc1ccc(NC(=O)N2CCN(c3ccc(Nc4cccnc4)nn3)CC2)cc1F. The minimum Gasteiger partial charge on any atom is -0.352 e. The molecule has 0 spiro atoms. The van der Waals surface area contributed by atoms with Crippen molar-refractivity contribution in [3.05, 3.63) is 66.2 Å². The average Bonchev–Trinajstić information content (AvgIpc) is 2.78. The molecule has 2 amide bonds. The Kier molecular flexibility index (Phi) is 5.69. The van der Waals surface area contributed by atoms with Gasteiger partial charge in [0.05, 0.1) is 11.9 Å². The summed E-state index contributed by atoms with van der Waals surface area (Å²) in [4.78, 5) is 20.3. The minimum absolute atomic E-state index is 0.236. The van der Waals surface area contributed by atoms with Gasteiger partial charge in [-0.3, -0.25) is 4.98 Å². The smallest absolute Gasteiger partial charge is 0.321 e. The van der Waals surface area contributed by atoms with Crippen molar-refractivity contribution in [3.63, 3.8) is 0 Å². The van der Waals surface area contributed by atoms with E-state index >= 15 is 0 Å². The summed E-state index contributed by atoms with van der Waals surface area (Å²) in [5, 5.41) is 14.4. The second-order valence-corrected chi connectivity index (χ2v) is 7.01. The molecule has 0 radical (unpaired) electrons. The molecule has 0 saturated carbocycles. The summed E-state index contributed by atoms with van der Waals surface area (Å²) in [6.45, 7) is 4.04. The number of hydrogen-bond acceptors (Lipinski definition) is 6. The van der Waals surface area contributed by atoms with Crippen molar-refractivity contribution >= 4 is 29.0 Å². The summed E-state index contributed by atoms with van der Waals surface area (Å²) < 4.78 is 13.7. The normalized spacial score (nSPS) is 13.8. The second kappa shape index (κ2) is 8.73. The van der Waals surface area contributed by atoms with Gasteiger partial charge in [-0.1, -0.05) is 6.07 Å². The number of nitrogens with one attached hydrogen (secondary N) is 2. The van der Waals surface area contributed by atoms with Crippen LogP contribution in [-0.4, -0.2) is 52.3 Å². The van der Waals surface area contributed by atoms with Gasteiger partial charge in [0.2, 0.25) is 0 Å². The minimum atomic E-state index is -0.336. The zero-order valence-electron chi connectivity index (χ0n) is 16.5. The van der Waals surface area contributed by atoms with Crippen LogP contribution >= 0.6 is 0 Å². The van der Waals surface area contributed by atoms with Crippen molar-refractivity contribution in [1.29, 1.82) is 0 Å². The number of carbonyl (C=O) groups excluding carboxylic acids is 1. The van der Waals surface area contributed by atoms with Gasteiger partial charge < -0.3 is 20.4 Å². The van der Waals surface area contributed by atoms with Gasteiger partial charge in [-0.05, 0) is 48.9 Å². The molecule has 1 aromatic carbocycles. The molecule has 0 bridgehead atoms. The van der Waals surface area contributed by atoms with E-state index in [0.29, 0.717) is 43.2 Å². The number of piperazine rings is 1. The number of hydrogen-bond donors (Lipinski definition) is 2. The summed E-state index contributed by atoms with van der Waals surface area (Å²) in [5.74, 6) is 1.06. The van der Waals surface area contributed by atoms with E-state index in [1.165, 1.54) is 6.07 Å². The summed E-state index contributed by atoms with van der Waals surface area (Å²) in [5.41, 5.74) is 1.84. The van der Waals surface area contributed by atoms with E-state index < -0.39 is 0 Å². The first-order chi connectivity index (χ1) is 14.6. The number of halogens is 1. The molecule has 154 valence electrons. The Hall–Kier alpha value is -3.75. The van der Waals surface area contributed by atoms with E-state index in [9.17, 15) is 9.18 Å². The molecule has 3 heterocycles.